The second-order valence-corrected chi connectivity index (χ2v) is 6.52. The predicted octanol–water partition coefficient (Wildman–Crippen LogP) is 4.25. The van der Waals surface area contributed by atoms with E-state index in [0.717, 1.165) is 27.8 Å². The average molecular weight is 381 g/mol. The maximum atomic E-state index is 12.3. The fourth-order valence-corrected chi connectivity index (χ4v) is 2.82. The van der Waals surface area contributed by atoms with Gasteiger partial charge in [0.15, 0.2) is 6.10 Å². The first-order chi connectivity index (χ1) is 13.5. The number of hydrogen-bond acceptors (Lipinski definition) is 5. The molecular weight excluding hydrogens is 358 g/mol. The van der Waals surface area contributed by atoms with Gasteiger partial charge in [0.25, 0.3) is 5.91 Å². The summed E-state index contributed by atoms with van der Waals surface area (Å²) in [7, 11) is 0. The Morgan fingerprint density at radius 2 is 1.89 bits per heavy atom. The maximum Gasteiger partial charge on any atom is 0.311 e. The summed E-state index contributed by atoms with van der Waals surface area (Å²) >= 11 is 0. The molecule has 0 spiro atoms. The first kappa shape index (κ1) is 19.5. The van der Waals surface area contributed by atoms with Crippen molar-refractivity contribution in [2.24, 2.45) is 0 Å². The molecule has 0 unspecified atom stereocenters. The summed E-state index contributed by atoms with van der Waals surface area (Å²) < 4.78 is 16.1. The van der Waals surface area contributed by atoms with Gasteiger partial charge >= 0.3 is 5.97 Å². The van der Waals surface area contributed by atoms with Crippen LogP contribution in [0.1, 0.15) is 25.0 Å². The monoisotopic (exact) mass is 381 g/mol. The molecule has 3 aromatic rings. The molecule has 28 heavy (non-hydrogen) atoms. The van der Waals surface area contributed by atoms with Gasteiger partial charge in [-0.05, 0) is 56.7 Å². The first-order valence-electron chi connectivity index (χ1n) is 9.16. The second-order valence-electron chi connectivity index (χ2n) is 6.52. The lowest BCUT2D eigenvalue weighted by Gasteiger charge is -2.13. The van der Waals surface area contributed by atoms with Crippen LogP contribution in [0.15, 0.2) is 53.1 Å². The van der Waals surface area contributed by atoms with Crippen LogP contribution in [0.3, 0.4) is 0 Å². The molecule has 1 N–H and O–H groups in total. The number of rotatable bonds is 7. The minimum atomic E-state index is -0.917. The minimum absolute atomic E-state index is 0.0384. The fraction of sp³-hybridized carbons (Fsp3) is 0.273. The molecule has 1 atom stereocenters. The molecule has 6 nitrogen and oxygen atoms in total. The van der Waals surface area contributed by atoms with Crippen LogP contribution in [-0.4, -0.2) is 24.6 Å². The zero-order chi connectivity index (χ0) is 20.1. The number of hydrogen-bond donors (Lipinski definition) is 1. The normalized spacial score (nSPS) is 11.8. The number of fused-ring (bicyclic) bond motifs is 1. The molecule has 0 saturated carbocycles. The quantitative estimate of drug-likeness (QED) is 0.619. The predicted molar refractivity (Wildman–Crippen MR) is 106 cm³/mol. The van der Waals surface area contributed by atoms with Crippen molar-refractivity contribution in [3.05, 3.63) is 59.9 Å². The van der Waals surface area contributed by atoms with Gasteiger partial charge in [0.2, 0.25) is 0 Å². The van der Waals surface area contributed by atoms with Crippen molar-refractivity contribution in [2.45, 2.75) is 33.3 Å². The summed E-state index contributed by atoms with van der Waals surface area (Å²) in [6.45, 7) is 5.99. The van der Waals surface area contributed by atoms with E-state index in [0.29, 0.717) is 12.3 Å². The lowest BCUT2D eigenvalue weighted by molar-refractivity contribution is -0.152. The fourth-order valence-electron chi connectivity index (χ4n) is 2.82. The molecule has 0 bridgehead atoms. The second kappa shape index (κ2) is 8.61. The molecule has 0 aliphatic carbocycles. The van der Waals surface area contributed by atoms with Gasteiger partial charge in [-0.25, -0.2) is 0 Å². The van der Waals surface area contributed by atoms with E-state index in [1.165, 1.54) is 0 Å². The van der Waals surface area contributed by atoms with E-state index in [9.17, 15) is 9.59 Å². The van der Waals surface area contributed by atoms with Crippen molar-refractivity contribution in [2.75, 3.05) is 11.9 Å². The smallest absolute Gasteiger partial charge is 0.311 e. The Kier molecular flexibility index (Phi) is 5.99. The molecule has 2 aromatic carbocycles. The largest absolute Gasteiger partial charge is 0.494 e. The molecule has 6 heteroatoms. The number of aryl methyl sites for hydroxylation is 1. The van der Waals surface area contributed by atoms with Gasteiger partial charge in [-0.1, -0.05) is 12.1 Å². The summed E-state index contributed by atoms with van der Waals surface area (Å²) in [5, 5.41) is 3.59. The lowest BCUT2D eigenvalue weighted by Crippen LogP contribution is -2.30. The average Bonchev–Trinajstić information content (AvgIpc) is 3.05. The number of ether oxygens (including phenoxy) is 2. The van der Waals surface area contributed by atoms with Gasteiger partial charge in [-0.2, -0.15) is 0 Å². The molecule has 146 valence electrons. The van der Waals surface area contributed by atoms with E-state index in [1.807, 2.05) is 32.0 Å². The third-order valence-electron chi connectivity index (χ3n) is 4.26. The van der Waals surface area contributed by atoms with Gasteiger partial charge in [-0.3, -0.25) is 9.59 Å². The molecule has 1 aromatic heterocycles. The number of anilines is 1. The van der Waals surface area contributed by atoms with E-state index < -0.39 is 18.0 Å². The third kappa shape index (κ3) is 4.71. The molecule has 1 heterocycles. The number of furan rings is 1. The van der Waals surface area contributed by atoms with Crippen molar-refractivity contribution in [1.29, 1.82) is 0 Å². The Bertz CT molecular complexity index is 974. The molecule has 0 aliphatic rings. The van der Waals surface area contributed by atoms with E-state index in [1.54, 1.807) is 37.5 Å². The van der Waals surface area contributed by atoms with E-state index in [4.69, 9.17) is 13.9 Å². The number of nitrogens with one attached hydrogen (secondary N) is 1. The highest BCUT2D eigenvalue weighted by Crippen LogP contribution is 2.23. The summed E-state index contributed by atoms with van der Waals surface area (Å²) in [6.07, 6.45) is 0.673. The Balaban J connectivity index is 1.56. The Morgan fingerprint density at radius 1 is 1.14 bits per heavy atom. The van der Waals surface area contributed by atoms with Crippen molar-refractivity contribution in [3.8, 4) is 5.75 Å². The molecular formula is C22H23NO5. The molecule has 0 fully saturated rings. The summed E-state index contributed by atoms with van der Waals surface area (Å²) in [5.74, 6) is -0.162. The number of carbonyl (C=O) groups is 2. The minimum Gasteiger partial charge on any atom is -0.494 e. The van der Waals surface area contributed by atoms with E-state index in [2.05, 4.69) is 5.32 Å². The van der Waals surface area contributed by atoms with Crippen LogP contribution in [0, 0.1) is 6.92 Å². The summed E-state index contributed by atoms with van der Waals surface area (Å²) in [4.78, 5) is 24.5. The molecule has 0 aliphatic heterocycles. The van der Waals surface area contributed by atoms with Crippen LogP contribution in [0.5, 0.6) is 5.75 Å². The Labute approximate surface area is 163 Å². The van der Waals surface area contributed by atoms with Crippen molar-refractivity contribution in [3.63, 3.8) is 0 Å². The number of benzene rings is 2. The van der Waals surface area contributed by atoms with Crippen LogP contribution >= 0.6 is 0 Å². The highest BCUT2D eigenvalue weighted by molar-refractivity contribution is 5.95. The van der Waals surface area contributed by atoms with Gasteiger partial charge < -0.3 is 19.2 Å². The zero-order valence-electron chi connectivity index (χ0n) is 16.2. The lowest BCUT2D eigenvalue weighted by atomic mass is 10.1. The van der Waals surface area contributed by atoms with E-state index >= 15 is 0 Å². The summed E-state index contributed by atoms with van der Waals surface area (Å²) in [6, 6.07) is 12.8. The first-order valence-corrected chi connectivity index (χ1v) is 9.16. The zero-order valence-corrected chi connectivity index (χ0v) is 16.2. The molecule has 1 amide bonds. The van der Waals surface area contributed by atoms with Gasteiger partial charge in [0, 0.05) is 16.6 Å². The molecule has 0 radical (unpaired) electrons. The van der Waals surface area contributed by atoms with Crippen molar-refractivity contribution >= 4 is 28.5 Å². The van der Waals surface area contributed by atoms with Crippen LogP contribution in [0.4, 0.5) is 5.69 Å². The van der Waals surface area contributed by atoms with Crippen LogP contribution in [0.25, 0.3) is 11.0 Å². The summed E-state index contributed by atoms with van der Waals surface area (Å²) in [5.41, 5.74) is 3.14. The van der Waals surface area contributed by atoms with Gasteiger partial charge in [0.05, 0.1) is 19.3 Å². The Morgan fingerprint density at radius 3 is 2.61 bits per heavy atom. The number of carbonyl (C=O) groups excluding carboxylic acids is 2. The number of amides is 1. The molecule has 3 rings (SSSR count). The van der Waals surface area contributed by atoms with Crippen LogP contribution in [0.2, 0.25) is 0 Å². The Hall–Kier alpha value is -3.28. The highest BCUT2D eigenvalue weighted by atomic mass is 16.5. The molecule has 0 saturated heterocycles. The van der Waals surface area contributed by atoms with Gasteiger partial charge in [0.1, 0.15) is 11.3 Å². The van der Waals surface area contributed by atoms with Crippen molar-refractivity contribution in [1.82, 2.24) is 0 Å². The van der Waals surface area contributed by atoms with Gasteiger partial charge in [-0.15, -0.1) is 0 Å². The standard InChI is InChI=1S/C22H23NO5/c1-4-26-18-8-6-17(7-9-18)23-22(25)15(3)28-21(24)12-16-13-27-20-11-14(2)5-10-19(16)20/h5-11,13,15H,4,12H2,1-3H3,(H,23,25)/t15-/m1/s1. The number of esters is 1. The third-order valence-corrected chi connectivity index (χ3v) is 4.26. The van der Waals surface area contributed by atoms with E-state index in [-0.39, 0.29) is 6.42 Å². The highest BCUT2D eigenvalue weighted by Gasteiger charge is 2.19. The van der Waals surface area contributed by atoms with Crippen molar-refractivity contribution < 1.29 is 23.5 Å². The maximum absolute atomic E-state index is 12.3. The van der Waals surface area contributed by atoms with Crippen LogP contribution < -0.4 is 10.1 Å². The van der Waals surface area contributed by atoms with Crippen LogP contribution in [-0.2, 0) is 20.7 Å². The topological polar surface area (TPSA) is 77.8 Å². The SMILES string of the molecule is CCOc1ccc(NC(=O)[C@@H](C)OC(=O)Cc2coc3cc(C)ccc23)cc1.